The molecule has 2 aromatic heterocycles. The van der Waals surface area contributed by atoms with E-state index in [1.54, 1.807) is 11.3 Å². The molecule has 0 unspecified atom stereocenters. The third kappa shape index (κ3) is 3.27. The monoisotopic (exact) mass is 383 g/mol. The topological polar surface area (TPSA) is 64.0 Å². The maximum absolute atomic E-state index is 13.3. The first-order valence-corrected chi connectivity index (χ1v) is 10.6. The molecule has 3 aromatic rings. The zero-order chi connectivity index (χ0) is 19.0. The Balaban J connectivity index is 1.77. The third-order valence-corrected chi connectivity index (χ3v) is 6.82. The third-order valence-electron chi connectivity index (χ3n) is 5.54. The first kappa shape index (κ1) is 18.2. The Morgan fingerprint density at radius 1 is 1.30 bits per heavy atom. The van der Waals surface area contributed by atoms with Crippen molar-refractivity contribution in [3.8, 4) is 0 Å². The Morgan fingerprint density at radius 3 is 2.78 bits per heavy atom. The first-order valence-electron chi connectivity index (χ1n) is 9.81. The molecule has 4 rings (SSSR count). The number of thiophene rings is 1. The van der Waals surface area contributed by atoms with Crippen molar-refractivity contribution in [2.24, 2.45) is 0 Å². The van der Waals surface area contributed by atoms with Crippen molar-refractivity contribution < 1.29 is 4.79 Å². The minimum Gasteiger partial charge on any atom is -0.352 e. The fourth-order valence-electron chi connectivity index (χ4n) is 4.10. The zero-order valence-electron chi connectivity index (χ0n) is 15.8. The van der Waals surface area contributed by atoms with E-state index in [1.807, 2.05) is 38.1 Å². The summed E-state index contributed by atoms with van der Waals surface area (Å²) >= 11 is 1.59. The molecule has 0 spiro atoms. The van der Waals surface area contributed by atoms with Crippen molar-refractivity contribution in [2.45, 2.75) is 64.5 Å². The minimum atomic E-state index is -0.568. The van der Waals surface area contributed by atoms with Gasteiger partial charge in [-0.15, -0.1) is 11.3 Å². The molecule has 1 atom stereocenters. The van der Waals surface area contributed by atoms with E-state index >= 15 is 0 Å². The molecular weight excluding hydrogens is 358 g/mol. The number of aromatic nitrogens is 2. The van der Waals surface area contributed by atoms with E-state index in [1.165, 1.54) is 11.1 Å². The second-order valence-corrected chi connectivity index (χ2v) is 8.46. The zero-order valence-corrected chi connectivity index (χ0v) is 16.6. The van der Waals surface area contributed by atoms with E-state index in [9.17, 15) is 9.59 Å². The van der Waals surface area contributed by atoms with Gasteiger partial charge in [0, 0.05) is 16.1 Å². The molecule has 1 aromatic carbocycles. The molecule has 1 aliphatic carbocycles. The number of hydrogen-bond acceptors (Lipinski definition) is 4. The Kier molecular flexibility index (Phi) is 5.00. The van der Waals surface area contributed by atoms with Crippen LogP contribution in [0.25, 0.3) is 20.2 Å². The van der Waals surface area contributed by atoms with Gasteiger partial charge in [0.25, 0.3) is 5.56 Å². The number of rotatable bonds is 4. The summed E-state index contributed by atoms with van der Waals surface area (Å²) in [6.45, 7) is 3.85. The summed E-state index contributed by atoms with van der Waals surface area (Å²) in [6, 6.07) is 7.58. The highest BCUT2D eigenvalue weighted by Crippen LogP contribution is 2.33. The lowest BCUT2D eigenvalue weighted by Gasteiger charge is -2.25. The van der Waals surface area contributed by atoms with E-state index in [2.05, 4.69) is 10.4 Å². The van der Waals surface area contributed by atoms with Gasteiger partial charge in [-0.3, -0.25) is 9.59 Å². The number of benzene rings is 1. The van der Waals surface area contributed by atoms with Crippen molar-refractivity contribution in [1.29, 1.82) is 0 Å². The molecule has 5 nitrogen and oxygen atoms in total. The van der Waals surface area contributed by atoms with Crippen LogP contribution >= 0.6 is 11.3 Å². The molecule has 0 aliphatic heterocycles. The molecule has 1 fully saturated rings. The van der Waals surface area contributed by atoms with Gasteiger partial charge in [-0.2, -0.15) is 5.10 Å². The van der Waals surface area contributed by atoms with E-state index in [0.717, 1.165) is 46.2 Å². The highest BCUT2D eigenvalue weighted by Gasteiger charge is 2.26. The summed E-state index contributed by atoms with van der Waals surface area (Å²) in [6.07, 6.45) is 6.15. The van der Waals surface area contributed by atoms with E-state index in [-0.39, 0.29) is 17.5 Å². The summed E-state index contributed by atoms with van der Waals surface area (Å²) in [4.78, 5) is 26.2. The lowest BCUT2D eigenvalue weighted by Crippen LogP contribution is -2.43. The number of carbonyl (C=O) groups excluding carboxylic acids is 1. The van der Waals surface area contributed by atoms with E-state index in [0.29, 0.717) is 11.8 Å². The molecule has 1 amide bonds. The molecule has 1 saturated carbocycles. The summed E-state index contributed by atoms with van der Waals surface area (Å²) in [5.41, 5.74) is 0.633. The molecule has 0 radical (unpaired) electrons. The molecule has 2 heterocycles. The average Bonchev–Trinajstić information content (AvgIpc) is 3.07. The summed E-state index contributed by atoms with van der Waals surface area (Å²) in [5.74, 6) is -0.0858. The van der Waals surface area contributed by atoms with Gasteiger partial charge < -0.3 is 5.32 Å². The maximum atomic E-state index is 13.3. The SMILES string of the molecule is CC[C@H](C(=O)NC1CCCCC1)n1nc(C)c2sc3ccccc3c2c1=O. The van der Waals surface area contributed by atoms with Gasteiger partial charge >= 0.3 is 0 Å². The molecule has 0 saturated heterocycles. The van der Waals surface area contributed by atoms with Crippen LogP contribution in [0.4, 0.5) is 0 Å². The fourth-order valence-corrected chi connectivity index (χ4v) is 5.24. The quantitative estimate of drug-likeness (QED) is 0.730. The van der Waals surface area contributed by atoms with Crippen molar-refractivity contribution >= 4 is 37.4 Å². The number of carbonyl (C=O) groups is 1. The lowest BCUT2D eigenvalue weighted by atomic mass is 9.95. The average molecular weight is 384 g/mol. The van der Waals surface area contributed by atoms with Crippen molar-refractivity contribution in [1.82, 2.24) is 15.1 Å². The molecule has 1 N–H and O–H groups in total. The van der Waals surface area contributed by atoms with E-state index < -0.39 is 6.04 Å². The Labute approximate surface area is 162 Å². The van der Waals surface area contributed by atoms with Gasteiger partial charge in [0.2, 0.25) is 5.91 Å². The van der Waals surface area contributed by atoms with Crippen molar-refractivity contribution in [2.75, 3.05) is 0 Å². The van der Waals surface area contributed by atoms with Crippen LogP contribution in [0.15, 0.2) is 29.1 Å². The van der Waals surface area contributed by atoms with Gasteiger partial charge in [0.15, 0.2) is 0 Å². The molecule has 142 valence electrons. The summed E-state index contributed by atoms with van der Waals surface area (Å²) in [7, 11) is 0. The van der Waals surface area contributed by atoms with Crippen LogP contribution in [0.5, 0.6) is 0 Å². The highest BCUT2D eigenvalue weighted by atomic mass is 32.1. The van der Waals surface area contributed by atoms with Gasteiger partial charge in [-0.05, 0) is 32.3 Å². The largest absolute Gasteiger partial charge is 0.352 e. The minimum absolute atomic E-state index is 0.0858. The molecule has 1 aliphatic rings. The standard InChI is InChI=1S/C21H25N3O2S/c1-3-16(20(25)22-14-9-5-4-6-10-14)24-21(26)18-15-11-7-8-12-17(15)27-19(18)13(2)23-24/h7-8,11-12,14,16H,3-6,9-10H2,1-2H3,(H,22,25)/t16-/m1/s1. The summed E-state index contributed by atoms with van der Waals surface area (Å²) < 4.78 is 3.40. The smallest absolute Gasteiger partial charge is 0.276 e. The summed E-state index contributed by atoms with van der Waals surface area (Å²) in [5, 5.41) is 9.33. The fraction of sp³-hybridized carbons (Fsp3) is 0.476. The second kappa shape index (κ2) is 7.43. The predicted molar refractivity (Wildman–Crippen MR) is 110 cm³/mol. The van der Waals surface area contributed by atoms with Gasteiger partial charge in [-0.25, -0.2) is 4.68 Å². The van der Waals surface area contributed by atoms with Gasteiger partial charge in [0.1, 0.15) is 6.04 Å². The molecule has 6 heteroatoms. The van der Waals surface area contributed by atoms with Crippen molar-refractivity contribution in [3.05, 3.63) is 40.3 Å². The van der Waals surface area contributed by atoms with Gasteiger partial charge in [-0.1, -0.05) is 44.4 Å². The maximum Gasteiger partial charge on any atom is 0.276 e. The number of amides is 1. The highest BCUT2D eigenvalue weighted by molar-refractivity contribution is 7.26. The van der Waals surface area contributed by atoms with Crippen LogP contribution in [0, 0.1) is 6.92 Å². The second-order valence-electron chi connectivity index (χ2n) is 7.41. The Bertz CT molecular complexity index is 1050. The Hall–Kier alpha value is -2.21. The van der Waals surface area contributed by atoms with Crippen LogP contribution in [-0.2, 0) is 4.79 Å². The normalized spacial score (nSPS) is 16.7. The number of hydrogen-bond donors (Lipinski definition) is 1. The number of aryl methyl sites for hydroxylation is 1. The van der Waals surface area contributed by atoms with Crippen molar-refractivity contribution in [3.63, 3.8) is 0 Å². The number of fused-ring (bicyclic) bond motifs is 3. The number of nitrogens with zero attached hydrogens (tertiary/aromatic N) is 2. The van der Waals surface area contributed by atoms with E-state index in [4.69, 9.17) is 0 Å². The molecule has 27 heavy (non-hydrogen) atoms. The van der Waals surface area contributed by atoms with Crippen LogP contribution in [0.1, 0.15) is 57.2 Å². The Morgan fingerprint density at radius 2 is 2.04 bits per heavy atom. The van der Waals surface area contributed by atoms with Crippen LogP contribution < -0.4 is 10.9 Å². The van der Waals surface area contributed by atoms with Crippen LogP contribution in [0.3, 0.4) is 0 Å². The molecular formula is C21H25N3O2S. The number of nitrogens with one attached hydrogen (secondary N) is 1. The first-order chi connectivity index (χ1) is 13.1. The van der Waals surface area contributed by atoms with Crippen LogP contribution in [0.2, 0.25) is 0 Å². The lowest BCUT2D eigenvalue weighted by molar-refractivity contribution is -0.125. The van der Waals surface area contributed by atoms with Gasteiger partial charge in [0.05, 0.1) is 15.8 Å². The predicted octanol–water partition coefficient (Wildman–Crippen LogP) is 4.32. The van der Waals surface area contributed by atoms with Crippen LogP contribution in [-0.4, -0.2) is 21.7 Å². The molecule has 0 bridgehead atoms.